The highest BCUT2D eigenvalue weighted by molar-refractivity contribution is 7.90. The molecule has 3 aromatic rings. The largest absolute Gasteiger partial charge is 0.491 e. The number of pyridine rings is 3. The zero-order chi connectivity index (χ0) is 26.0. The second-order valence-electron chi connectivity index (χ2n) is 8.88. The smallest absolute Gasteiger partial charge is 0.222 e. The van der Waals surface area contributed by atoms with Gasteiger partial charge in [0.15, 0.2) is 14.9 Å². The summed E-state index contributed by atoms with van der Waals surface area (Å²) in [5.41, 5.74) is 1.17. The molecule has 0 bridgehead atoms. The van der Waals surface area contributed by atoms with E-state index in [0.717, 1.165) is 6.26 Å². The fourth-order valence-corrected chi connectivity index (χ4v) is 3.73. The fraction of sp³-hybridized carbons (Fsp3) is 0.333. The Hall–Kier alpha value is -3.57. The Kier molecular flexibility index (Phi) is 7.41. The van der Waals surface area contributed by atoms with Crippen molar-refractivity contribution in [1.82, 2.24) is 15.0 Å². The third kappa shape index (κ3) is 6.96. The van der Waals surface area contributed by atoms with Crippen molar-refractivity contribution >= 4 is 33.1 Å². The molecule has 0 atom stereocenters. The van der Waals surface area contributed by atoms with Crippen LogP contribution >= 0.6 is 0 Å². The molecule has 3 N–H and O–H groups in total. The van der Waals surface area contributed by atoms with E-state index in [4.69, 9.17) is 4.74 Å². The Morgan fingerprint density at radius 2 is 1.80 bits per heavy atom. The van der Waals surface area contributed by atoms with Gasteiger partial charge in [0.05, 0.1) is 23.1 Å². The normalized spacial score (nSPS) is 11.9. The van der Waals surface area contributed by atoms with Crippen LogP contribution in [0.25, 0.3) is 11.3 Å². The molecule has 0 saturated heterocycles. The number of ether oxygens (including phenoxy) is 1. The molecule has 0 aliphatic rings. The molecule has 186 valence electrons. The SMILES string of the molecule is CC(=O)Nc1cc(Nc2cc(OC(C)C)cc(S(C)(=O)=O)n2)c(-c2ccc(C(C)(C)O)cn2)cn1. The van der Waals surface area contributed by atoms with E-state index >= 15 is 0 Å². The van der Waals surface area contributed by atoms with E-state index in [0.29, 0.717) is 28.3 Å². The molecular formula is C24H29N5O5S. The number of amides is 1. The average molecular weight is 500 g/mol. The zero-order valence-electron chi connectivity index (χ0n) is 20.4. The fourth-order valence-electron chi connectivity index (χ4n) is 3.14. The number of aliphatic hydroxyl groups is 1. The van der Waals surface area contributed by atoms with Gasteiger partial charge in [-0.3, -0.25) is 9.78 Å². The average Bonchev–Trinajstić information content (AvgIpc) is 2.72. The number of hydrogen-bond donors (Lipinski definition) is 3. The van der Waals surface area contributed by atoms with Crippen LogP contribution in [0.2, 0.25) is 0 Å². The van der Waals surface area contributed by atoms with Crippen molar-refractivity contribution in [1.29, 1.82) is 0 Å². The van der Waals surface area contributed by atoms with Crippen molar-refractivity contribution in [3.05, 3.63) is 48.3 Å². The predicted octanol–water partition coefficient (Wildman–Crippen LogP) is 3.66. The number of carbonyl (C=O) groups excluding carboxylic acids is 1. The van der Waals surface area contributed by atoms with Crippen LogP contribution in [0, 0.1) is 0 Å². The second kappa shape index (κ2) is 9.96. The molecule has 0 spiro atoms. The molecule has 0 saturated carbocycles. The number of sulfone groups is 1. The molecule has 0 unspecified atom stereocenters. The van der Waals surface area contributed by atoms with Crippen LogP contribution in [0.15, 0.2) is 47.8 Å². The summed E-state index contributed by atoms with van der Waals surface area (Å²) < 4.78 is 30.2. The van der Waals surface area contributed by atoms with Crippen LogP contribution in [0.1, 0.15) is 40.2 Å². The summed E-state index contributed by atoms with van der Waals surface area (Å²) in [6.07, 6.45) is 3.99. The minimum atomic E-state index is -3.62. The summed E-state index contributed by atoms with van der Waals surface area (Å²) >= 11 is 0. The summed E-state index contributed by atoms with van der Waals surface area (Å²) in [7, 11) is -3.62. The van der Waals surface area contributed by atoms with E-state index in [1.54, 1.807) is 44.3 Å². The van der Waals surface area contributed by atoms with Crippen molar-refractivity contribution in [3.8, 4) is 17.0 Å². The topological polar surface area (TPSA) is 143 Å². The lowest BCUT2D eigenvalue weighted by atomic mass is 9.99. The Balaban J connectivity index is 2.11. The number of hydrogen-bond acceptors (Lipinski definition) is 9. The summed E-state index contributed by atoms with van der Waals surface area (Å²) in [6, 6.07) is 8.04. The third-order valence-electron chi connectivity index (χ3n) is 4.74. The van der Waals surface area contributed by atoms with E-state index in [-0.39, 0.29) is 28.7 Å². The summed E-state index contributed by atoms with van der Waals surface area (Å²) in [5.74, 6) is 0.546. The van der Waals surface area contributed by atoms with Crippen LogP contribution in [0.3, 0.4) is 0 Å². The van der Waals surface area contributed by atoms with Gasteiger partial charge in [-0.1, -0.05) is 6.07 Å². The Morgan fingerprint density at radius 3 is 2.34 bits per heavy atom. The first kappa shape index (κ1) is 26.0. The van der Waals surface area contributed by atoms with E-state index < -0.39 is 15.4 Å². The highest BCUT2D eigenvalue weighted by Gasteiger charge is 2.19. The molecule has 35 heavy (non-hydrogen) atoms. The minimum absolute atomic E-state index is 0.150. The summed E-state index contributed by atoms with van der Waals surface area (Å²) in [4.78, 5) is 24.5. The summed E-state index contributed by atoms with van der Waals surface area (Å²) in [6.45, 7) is 8.36. The van der Waals surface area contributed by atoms with Gasteiger partial charge in [0, 0.05) is 54.9 Å². The number of nitrogens with one attached hydrogen (secondary N) is 2. The standard InChI is InChI=1S/C24H29N5O5S/c1-14(2)34-17-9-22(29-23(10-17)35(6,32)33)28-20-11-21(27-15(3)30)26-13-18(20)19-8-7-16(12-25-19)24(4,5)31/h7-14,31H,1-6H3,(H2,26,27,28,29,30). The van der Waals surface area contributed by atoms with Crippen molar-refractivity contribution in [2.75, 3.05) is 16.9 Å². The molecule has 3 heterocycles. The van der Waals surface area contributed by atoms with E-state index in [1.165, 1.54) is 19.2 Å². The van der Waals surface area contributed by atoms with Gasteiger partial charge in [-0.05, 0) is 33.8 Å². The van der Waals surface area contributed by atoms with Crippen molar-refractivity contribution in [3.63, 3.8) is 0 Å². The number of aromatic nitrogens is 3. The van der Waals surface area contributed by atoms with Gasteiger partial charge in [-0.2, -0.15) is 0 Å². The van der Waals surface area contributed by atoms with E-state index in [9.17, 15) is 18.3 Å². The third-order valence-corrected chi connectivity index (χ3v) is 5.71. The van der Waals surface area contributed by atoms with Gasteiger partial charge in [-0.25, -0.2) is 18.4 Å². The molecule has 0 aliphatic heterocycles. The maximum Gasteiger partial charge on any atom is 0.222 e. The molecule has 3 aromatic heterocycles. The molecule has 0 radical (unpaired) electrons. The van der Waals surface area contributed by atoms with E-state index in [2.05, 4.69) is 25.6 Å². The zero-order valence-corrected chi connectivity index (χ0v) is 21.3. The number of nitrogens with zero attached hydrogens (tertiary/aromatic N) is 3. The minimum Gasteiger partial charge on any atom is -0.491 e. The molecule has 0 aromatic carbocycles. The Morgan fingerprint density at radius 1 is 1.09 bits per heavy atom. The Labute approximate surface area is 204 Å². The highest BCUT2D eigenvalue weighted by Crippen LogP contribution is 2.32. The number of rotatable bonds is 8. The van der Waals surface area contributed by atoms with Gasteiger partial charge < -0.3 is 20.5 Å². The molecule has 10 nitrogen and oxygen atoms in total. The quantitative estimate of drug-likeness (QED) is 0.423. The molecule has 11 heteroatoms. The lowest BCUT2D eigenvalue weighted by Crippen LogP contribution is -2.15. The van der Waals surface area contributed by atoms with Crippen LogP contribution in [0.5, 0.6) is 5.75 Å². The molecule has 0 aliphatic carbocycles. The van der Waals surface area contributed by atoms with E-state index in [1.807, 2.05) is 13.8 Å². The lowest BCUT2D eigenvalue weighted by molar-refractivity contribution is -0.114. The maximum atomic E-state index is 12.2. The van der Waals surface area contributed by atoms with Crippen LogP contribution < -0.4 is 15.4 Å². The van der Waals surface area contributed by atoms with Crippen molar-refractivity contribution in [2.45, 2.75) is 51.3 Å². The first-order valence-corrected chi connectivity index (χ1v) is 12.7. The molecule has 1 amide bonds. The van der Waals surface area contributed by atoms with Crippen LogP contribution in [0.4, 0.5) is 17.3 Å². The predicted molar refractivity (Wildman–Crippen MR) is 133 cm³/mol. The van der Waals surface area contributed by atoms with Gasteiger partial charge >= 0.3 is 0 Å². The van der Waals surface area contributed by atoms with Crippen molar-refractivity contribution in [2.24, 2.45) is 0 Å². The van der Waals surface area contributed by atoms with Crippen LogP contribution in [-0.4, -0.2) is 46.7 Å². The maximum absolute atomic E-state index is 12.2. The molecule has 3 rings (SSSR count). The van der Waals surface area contributed by atoms with Gasteiger partial charge in [0.25, 0.3) is 0 Å². The second-order valence-corrected chi connectivity index (χ2v) is 10.8. The number of carbonyl (C=O) groups is 1. The van der Waals surface area contributed by atoms with Gasteiger partial charge in [0.1, 0.15) is 17.4 Å². The molecular weight excluding hydrogens is 470 g/mol. The highest BCUT2D eigenvalue weighted by atomic mass is 32.2. The summed E-state index contributed by atoms with van der Waals surface area (Å²) in [5, 5.41) is 15.8. The lowest BCUT2D eigenvalue weighted by Gasteiger charge is -2.18. The first-order chi connectivity index (χ1) is 16.2. The number of anilines is 3. The monoisotopic (exact) mass is 499 g/mol. The Bertz CT molecular complexity index is 1330. The van der Waals surface area contributed by atoms with Crippen LogP contribution in [-0.2, 0) is 20.2 Å². The van der Waals surface area contributed by atoms with Gasteiger partial charge in [-0.15, -0.1) is 0 Å². The van der Waals surface area contributed by atoms with Gasteiger partial charge in [0.2, 0.25) is 5.91 Å². The molecule has 0 fully saturated rings. The van der Waals surface area contributed by atoms with Crippen molar-refractivity contribution < 1.29 is 23.1 Å². The first-order valence-electron chi connectivity index (χ1n) is 10.8.